The van der Waals surface area contributed by atoms with E-state index >= 15 is 0 Å². The van der Waals surface area contributed by atoms with Gasteiger partial charge in [-0.25, -0.2) is 0 Å². The van der Waals surface area contributed by atoms with Gasteiger partial charge in [0.2, 0.25) is 0 Å². The van der Waals surface area contributed by atoms with Crippen molar-refractivity contribution in [3.8, 4) is 0 Å². The molecule has 0 amide bonds. The maximum Gasteiger partial charge on any atom is 0.0576 e. The van der Waals surface area contributed by atoms with Gasteiger partial charge in [0.15, 0.2) is 0 Å². The van der Waals surface area contributed by atoms with Gasteiger partial charge in [0, 0.05) is 0 Å². The molecule has 0 radical (unpaired) electrons. The number of aliphatic hydroxyl groups is 2. The zero-order chi connectivity index (χ0) is 22.9. The highest BCUT2D eigenvalue weighted by Crippen LogP contribution is 2.48. The summed E-state index contributed by atoms with van der Waals surface area (Å²) in [6.07, 6.45) is 9.34. The highest BCUT2D eigenvalue weighted by molar-refractivity contribution is 4.93. The summed E-state index contributed by atoms with van der Waals surface area (Å²) in [5.41, 5.74) is 0.373. The van der Waals surface area contributed by atoms with Crippen molar-refractivity contribution in [2.45, 2.75) is 126 Å². The molecular weight excluding hydrogens is 368 g/mol. The molecular formula is C28H54O2. The van der Waals surface area contributed by atoms with E-state index in [0.29, 0.717) is 23.7 Å². The van der Waals surface area contributed by atoms with Crippen molar-refractivity contribution < 1.29 is 10.2 Å². The molecule has 2 N–H and O–H groups in total. The fraction of sp³-hybridized carbons (Fsp3) is 1.00. The number of hydrogen-bond donors (Lipinski definition) is 2. The third kappa shape index (κ3) is 6.71. The summed E-state index contributed by atoms with van der Waals surface area (Å²) in [5.74, 6) is 4.40. The first kappa shape index (κ1) is 26.2. The molecule has 0 aromatic carbocycles. The Morgan fingerprint density at radius 2 is 1.07 bits per heavy atom. The van der Waals surface area contributed by atoms with Crippen molar-refractivity contribution in [1.29, 1.82) is 0 Å². The summed E-state index contributed by atoms with van der Waals surface area (Å²) in [6.45, 7) is 20.9. The minimum Gasteiger partial charge on any atom is -0.393 e. The Morgan fingerprint density at radius 3 is 1.37 bits per heavy atom. The van der Waals surface area contributed by atoms with E-state index < -0.39 is 0 Å². The summed E-state index contributed by atoms with van der Waals surface area (Å²) < 4.78 is 0. The lowest BCUT2D eigenvalue weighted by molar-refractivity contribution is -0.0436. The number of aliphatic hydroxyl groups excluding tert-OH is 2. The van der Waals surface area contributed by atoms with E-state index in [1.54, 1.807) is 0 Å². The minimum atomic E-state index is -0.131. The molecule has 0 aromatic heterocycles. The molecule has 8 atom stereocenters. The third-order valence-electron chi connectivity index (χ3n) is 9.07. The summed E-state index contributed by atoms with van der Waals surface area (Å²) >= 11 is 0. The summed E-state index contributed by atoms with van der Waals surface area (Å²) in [5, 5.41) is 21.5. The second kappa shape index (κ2) is 10.2. The highest BCUT2D eigenvalue weighted by atomic mass is 16.3. The van der Waals surface area contributed by atoms with Crippen LogP contribution in [0.4, 0.5) is 0 Å². The van der Waals surface area contributed by atoms with E-state index in [1.807, 2.05) is 0 Å². The van der Waals surface area contributed by atoms with Crippen LogP contribution in [0, 0.1) is 52.3 Å². The lowest BCUT2D eigenvalue weighted by Crippen LogP contribution is -2.42. The molecule has 2 fully saturated rings. The van der Waals surface area contributed by atoms with Crippen molar-refractivity contribution in [1.82, 2.24) is 0 Å². The van der Waals surface area contributed by atoms with Crippen LogP contribution < -0.4 is 0 Å². The average Bonchev–Trinajstić information content (AvgIpc) is 2.57. The van der Waals surface area contributed by atoms with Gasteiger partial charge in [-0.15, -0.1) is 0 Å². The van der Waals surface area contributed by atoms with Gasteiger partial charge < -0.3 is 10.2 Å². The Kier molecular flexibility index (Phi) is 8.93. The predicted molar refractivity (Wildman–Crippen MR) is 129 cm³/mol. The maximum atomic E-state index is 10.7. The lowest BCUT2D eigenvalue weighted by atomic mass is 9.60. The van der Waals surface area contributed by atoms with Gasteiger partial charge >= 0.3 is 0 Å². The zero-order valence-electron chi connectivity index (χ0n) is 21.7. The van der Waals surface area contributed by atoms with E-state index in [1.165, 1.54) is 38.5 Å². The summed E-state index contributed by atoms with van der Waals surface area (Å²) in [4.78, 5) is 0. The van der Waals surface area contributed by atoms with Crippen LogP contribution in [0.3, 0.4) is 0 Å². The Hall–Kier alpha value is -0.0800. The zero-order valence-corrected chi connectivity index (χ0v) is 21.7. The van der Waals surface area contributed by atoms with Crippen molar-refractivity contribution in [3.63, 3.8) is 0 Å². The van der Waals surface area contributed by atoms with Gasteiger partial charge in [-0.05, 0) is 90.8 Å². The second-order valence-corrected chi connectivity index (χ2v) is 13.6. The van der Waals surface area contributed by atoms with Crippen LogP contribution in [0.5, 0.6) is 0 Å². The van der Waals surface area contributed by atoms with Crippen LogP contribution in [0.15, 0.2) is 0 Å². The highest BCUT2D eigenvalue weighted by Gasteiger charge is 2.42. The van der Waals surface area contributed by atoms with Crippen LogP contribution >= 0.6 is 0 Å². The molecule has 2 aliphatic rings. The van der Waals surface area contributed by atoms with Gasteiger partial charge in [0.25, 0.3) is 0 Å². The van der Waals surface area contributed by atoms with E-state index in [-0.39, 0.29) is 23.0 Å². The lowest BCUT2D eigenvalue weighted by Gasteiger charge is -2.46. The molecule has 2 nitrogen and oxygen atoms in total. The van der Waals surface area contributed by atoms with E-state index in [0.717, 1.165) is 30.6 Å². The van der Waals surface area contributed by atoms with Gasteiger partial charge in [-0.3, -0.25) is 0 Å². The predicted octanol–water partition coefficient (Wildman–Crippen LogP) is 7.32. The SMILES string of the molecule is CCCC(CC1CC(C(C)(C)C)C(O)CC1C)CC1CC(C(C)(C)C)C(O)CC1C. The molecule has 2 rings (SSSR count). The fourth-order valence-electron chi connectivity index (χ4n) is 7.02. The average molecular weight is 423 g/mol. The van der Waals surface area contributed by atoms with Crippen molar-refractivity contribution in [2.24, 2.45) is 52.3 Å². The van der Waals surface area contributed by atoms with E-state index in [4.69, 9.17) is 0 Å². The Bertz CT molecular complexity index is 470. The molecule has 30 heavy (non-hydrogen) atoms. The molecule has 0 saturated heterocycles. The summed E-state index contributed by atoms with van der Waals surface area (Å²) in [7, 11) is 0. The van der Waals surface area contributed by atoms with Crippen LogP contribution in [0.25, 0.3) is 0 Å². The molecule has 0 bridgehead atoms. The number of hydrogen-bond acceptors (Lipinski definition) is 2. The first-order valence-electron chi connectivity index (χ1n) is 13.1. The largest absolute Gasteiger partial charge is 0.393 e. The molecule has 2 heteroatoms. The summed E-state index contributed by atoms with van der Waals surface area (Å²) in [6, 6.07) is 0. The van der Waals surface area contributed by atoms with Crippen LogP contribution in [0.2, 0.25) is 0 Å². The molecule has 0 spiro atoms. The van der Waals surface area contributed by atoms with Crippen molar-refractivity contribution >= 4 is 0 Å². The Morgan fingerprint density at radius 1 is 0.700 bits per heavy atom. The van der Waals surface area contributed by atoms with Crippen molar-refractivity contribution in [2.75, 3.05) is 0 Å². The molecule has 0 heterocycles. The van der Waals surface area contributed by atoms with Crippen molar-refractivity contribution in [3.05, 3.63) is 0 Å². The standard InChI is InChI=1S/C28H54O2/c1-10-11-20(14-21-16-23(27(4,5)6)25(29)12-18(21)2)15-22-17-24(28(7,8)9)26(30)13-19(22)3/h18-26,29-30H,10-17H2,1-9H3. The molecule has 0 aliphatic heterocycles. The topological polar surface area (TPSA) is 40.5 Å². The third-order valence-corrected chi connectivity index (χ3v) is 9.07. The van der Waals surface area contributed by atoms with Crippen LogP contribution in [-0.4, -0.2) is 22.4 Å². The van der Waals surface area contributed by atoms with Gasteiger partial charge in [0.05, 0.1) is 12.2 Å². The fourth-order valence-corrected chi connectivity index (χ4v) is 7.02. The molecule has 0 aromatic rings. The smallest absolute Gasteiger partial charge is 0.0576 e. The molecule has 2 saturated carbocycles. The minimum absolute atomic E-state index is 0.131. The van der Waals surface area contributed by atoms with Crippen LogP contribution in [-0.2, 0) is 0 Å². The Labute approximate surface area is 188 Å². The molecule has 178 valence electrons. The molecule has 8 unspecified atom stereocenters. The first-order valence-corrected chi connectivity index (χ1v) is 13.1. The quantitative estimate of drug-likeness (QED) is 0.470. The Balaban J connectivity index is 2.08. The monoisotopic (exact) mass is 422 g/mol. The molecule has 2 aliphatic carbocycles. The van der Waals surface area contributed by atoms with E-state index in [9.17, 15) is 10.2 Å². The number of rotatable bonds is 6. The normalized spacial score (nSPS) is 39.7. The van der Waals surface area contributed by atoms with Gasteiger partial charge in [-0.1, -0.05) is 75.2 Å². The second-order valence-electron chi connectivity index (χ2n) is 13.6. The maximum absolute atomic E-state index is 10.7. The first-order chi connectivity index (χ1) is 13.7. The van der Waals surface area contributed by atoms with Crippen LogP contribution in [0.1, 0.15) is 114 Å². The van der Waals surface area contributed by atoms with Gasteiger partial charge in [-0.2, -0.15) is 0 Å². The van der Waals surface area contributed by atoms with E-state index in [2.05, 4.69) is 62.3 Å². The van der Waals surface area contributed by atoms with Gasteiger partial charge in [0.1, 0.15) is 0 Å².